The molecule has 0 aromatic carbocycles. The van der Waals surface area contributed by atoms with E-state index in [2.05, 4.69) is 49.9 Å². The number of hydrogen-bond acceptors (Lipinski definition) is 5. The van der Waals surface area contributed by atoms with Crippen LogP contribution in [-0.2, 0) is 11.3 Å². The maximum absolute atomic E-state index is 5.43. The normalized spacial score (nSPS) is 11.4. The zero-order valence-corrected chi connectivity index (χ0v) is 14.3. The van der Waals surface area contributed by atoms with Gasteiger partial charge in [-0.15, -0.1) is 0 Å². The Balaban J connectivity index is 2.88. The molecule has 5 nitrogen and oxygen atoms in total. The summed E-state index contributed by atoms with van der Waals surface area (Å²) in [7, 11) is 2.06. The van der Waals surface area contributed by atoms with Gasteiger partial charge in [0.2, 0.25) is 0 Å². The van der Waals surface area contributed by atoms with Gasteiger partial charge in [-0.25, -0.2) is 9.97 Å². The van der Waals surface area contributed by atoms with Gasteiger partial charge in [0.15, 0.2) is 0 Å². The minimum Gasteiger partial charge on any atom is -0.380 e. The van der Waals surface area contributed by atoms with Crippen LogP contribution in [0.4, 0.5) is 5.69 Å². The molecule has 1 rings (SSSR count). The molecule has 0 aliphatic rings. The van der Waals surface area contributed by atoms with E-state index in [0.29, 0.717) is 12.0 Å². The Morgan fingerprint density at radius 1 is 1.29 bits per heavy atom. The summed E-state index contributed by atoms with van der Waals surface area (Å²) < 4.78 is 5.43. The summed E-state index contributed by atoms with van der Waals surface area (Å²) in [5, 5.41) is 3.44. The van der Waals surface area contributed by atoms with Crippen molar-refractivity contribution in [2.24, 2.45) is 0 Å². The maximum Gasteiger partial charge on any atom is 0.131 e. The van der Waals surface area contributed by atoms with Crippen LogP contribution >= 0.6 is 0 Å². The van der Waals surface area contributed by atoms with Gasteiger partial charge < -0.3 is 15.0 Å². The van der Waals surface area contributed by atoms with Crippen molar-refractivity contribution in [3.8, 4) is 0 Å². The fourth-order valence-corrected chi connectivity index (χ4v) is 1.92. The molecule has 0 amide bonds. The topological polar surface area (TPSA) is 50.3 Å². The summed E-state index contributed by atoms with van der Waals surface area (Å²) in [4.78, 5) is 11.4. The van der Waals surface area contributed by atoms with Crippen LogP contribution in [0, 0.1) is 0 Å². The van der Waals surface area contributed by atoms with Crippen molar-refractivity contribution in [1.29, 1.82) is 0 Å². The lowest BCUT2D eigenvalue weighted by molar-refractivity contribution is 0.154. The molecule has 0 aliphatic carbocycles. The first kappa shape index (κ1) is 17.9. The average molecular weight is 294 g/mol. The number of nitrogens with zero attached hydrogens (tertiary/aromatic N) is 3. The lowest BCUT2D eigenvalue weighted by Crippen LogP contribution is -2.28. The highest BCUT2D eigenvalue weighted by Crippen LogP contribution is 2.19. The summed E-state index contributed by atoms with van der Waals surface area (Å²) in [6.07, 6.45) is 1.94. The molecule has 1 aromatic rings. The third kappa shape index (κ3) is 5.98. The van der Waals surface area contributed by atoms with Crippen molar-refractivity contribution in [2.45, 2.75) is 53.1 Å². The van der Waals surface area contributed by atoms with E-state index >= 15 is 0 Å². The van der Waals surface area contributed by atoms with Gasteiger partial charge in [0, 0.05) is 38.7 Å². The van der Waals surface area contributed by atoms with Crippen molar-refractivity contribution in [3.63, 3.8) is 0 Å². The minimum atomic E-state index is 0.339. The van der Waals surface area contributed by atoms with E-state index in [1.807, 2.05) is 13.1 Å². The number of hydrogen-bond donors (Lipinski definition) is 1. The molecule has 21 heavy (non-hydrogen) atoms. The molecule has 5 heteroatoms. The van der Waals surface area contributed by atoms with Crippen molar-refractivity contribution < 1.29 is 4.74 Å². The van der Waals surface area contributed by atoms with Crippen LogP contribution in [0.1, 0.15) is 52.1 Å². The van der Waals surface area contributed by atoms with E-state index < -0.39 is 0 Å². The fourth-order valence-electron chi connectivity index (χ4n) is 1.92. The van der Waals surface area contributed by atoms with Crippen LogP contribution < -0.4 is 10.2 Å². The Morgan fingerprint density at radius 2 is 2.00 bits per heavy atom. The molecule has 0 aliphatic heterocycles. The monoisotopic (exact) mass is 294 g/mol. The Labute approximate surface area is 129 Å². The molecule has 1 N–H and O–H groups in total. The molecule has 0 saturated heterocycles. The lowest BCUT2D eigenvalue weighted by atomic mass is 10.2. The molecular weight excluding hydrogens is 264 g/mol. The predicted molar refractivity (Wildman–Crippen MR) is 87.9 cm³/mol. The van der Waals surface area contributed by atoms with Gasteiger partial charge in [-0.05, 0) is 6.92 Å². The second kappa shape index (κ2) is 8.95. The average Bonchev–Trinajstić information content (AvgIpc) is 2.44. The number of nitrogens with one attached hydrogen (secondary N) is 1. The number of rotatable bonds is 9. The molecule has 0 bridgehead atoms. The van der Waals surface area contributed by atoms with E-state index in [9.17, 15) is 0 Å². The number of aromatic nitrogens is 2. The van der Waals surface area contributed by atoms with Crippen LogP contribution in [0.3, 0.4) is 0 Å². The molecule has 0 atom stereocenters. The Kier molecular flexibility index (Phi) is 7.61. The van der Waals surface area contributed by atoms with Crippen molar-refractivity contribution in [3.05, 3.63) is 17.7 Å². The second-order valence-electron chi connectivity index (χ2n) is 5.87. The van der Waals surface area contributed by atoms with E-state index in [4.69, 9.17) is 9.72 Å². The Bertz CT molecular complexity index is 421. The largest absolute Gasteiger partial charge is 0.380 e. The van der Waals surface area contributed by atoms with Gasteiger partial charge in [0.25, 0.3) is 0 Å². The van der Waals surface area contributed by atoms with Crippen molar-refractivity contribution in [2.75, 3.05) is 31.7 Å². The lowest BCUT2D eigenvalue weighted by Gasteiger charge is -2.23. The quantitative estimate of drug-likeness (QED) is 0.709. The van der Waals surface area contributed by atoms with Gasteiger partial charge in [-0.2, -0.15) is 0 Å². The first-order valence-corrected chi connectivity index (χ1v) is 7.83. The van der Waals surface area contributed by atoms with E-state index in [0.717, 1.165) is 43.5 Å². The smallest absolute Gasteiger partial charge is 0.131 e. The highest BCUT2D eigenvalue weighted by molar-refractivity contribution is 5.48. The van der Waals surface area contributed by atoms with E-state index in [1.54, 1.807) is 0 Å². The highest BCUT2D eigenvalue weighted by atomic mass is 16.5. The summed E-state index contributed by atoms with van der Waals surface area (Å²) in [6, 6.07) is 0.434. The van der Waals surface area contributed by atoms with Gasteiger partial charge in [-0.1, -0.05) is 27.7 Å². The maximum atomic E-state index is 5.43. The summed E-state index contributed by atoms with van der Waals surface area (Å²) in [6.45, 7) is 13.6. The molecule has 0 unspecified atom stereocenters. The number of likely N-dealkylation sites (N-methyl/N-ethyl adjacent to an activating group) is 1. The summed E-state index contributed by atoms with van der Waals surface area (Å²) >= 11 is 0. The molecule has 0 spiro atoms. The highest BCUT2D eigenvalue weighted by Gasteiger charge is 2.13. The van der Waals surface area contributed by atoms with Crippen LogP contribution in [0.15, 0.2) is 6.20 Å². The molecule has 120 valence electrons. The summed E-state index contributed by atoms with van der Waals surface area (Å²) in [5.74, 6) is 1.24. The van der Waals surface area contributed by atoms with Crippen molar-refractivity contribution >= 4 is 5.69 Å². The third-order valence-electron chi connectivity index (χ3n) is 3.24. The Morgan fingerprint density at radius 3 is 2.57 bits per heavy atom. The standard InChI is InChI=1S/C16H30N4O/c1-7-21-9-8-20(6)15-11-18-16(12(2)3)19-14(15)10-17-13(4)5/h11-13,17H,7-10H2,1-6H3. The molecular formula is C16H30N4O. The second-order valence-corrected chi connectivity index (χ2v) is 5.87. The molecule has 0 radical (unpaired) electrons. The summed E-state index contributed by atoms with van der Waals surface area (Å²) in [5.41, 5.74) is 2.13. The van der Waals surface area contributed by atoms with Gasteiger partial charge in [0.1, 0.15) is 5.82 Å². The number of ether oxygens (including phenoxy) is 1. The minimum absolute atomic E-state index is 0.339. The first-order chi connectivity index (χ1) is 9.95. The van der Waals surface area contributed by atoms with E-state index in [1.165, 1.54) is 0 Å². The predicted octanol–water partition coefficient (Wildman–Crippen LogP) is 2.57. The van der Waals surface area contributed by atoms with Gasteiger partial charge in [-0.3, -0.25) is 0 Å². The van der Waals surface area contributed by atoms with Crippen LogP contribution in [0.2, 0.25) is 0 Å². The van der Waals surface area contributed by atoms with Crippen LogP contribution in [0.25, 0.3) is 0 Å². The molecule has 0 fully saturated rings. The first-order valence-electron chi connectivity index (χ1n) is 7.83. The molecule has 0 saturated carbocycles. The zero-order valence-electron chi connectivity index (χ0n) is 14.3. The van der Waals surface area contributed by atoms with Gasteiger partial charge >= 0.3 is 0 Å². The fraction of sp³-hybridized carbons (Fsp3) is 0.750. The van der Waals surface area contributed by atoms with Crippen LogP contribution in [0.5, 0.6) is 0 Å². The van der Waals surface area contributed by atoms with Crippen molar-refractivity contribution in [1.82, 2.24) is 15.3 Å². The Hall–Kier alpha value is -1.20. The SMILES string of the molecule is CCOCCN(C)c1cnc(C(C)C)nc1CNC(C)C. The number of anilines is 1. The third-order valence-corrected chi connectivity index (χ3v) is 3.24. The zero-order chi connectivity index (χ0) is 15.8. The van der Waals surface area contributed by atoms with E-state index in [-0.39, 0.29) is 0 Å². The molecule has 1 aromatic heterocycles. The van der Waals surface area contributed by atoms with Gasteiger partial charge in [0.05, 0.1) is 24.2 Å². The molecule has 1 heterocycles. The van der Waals surface area contributed by atoms with Crippen LogP contribution in [-0.4, -0.2) is 42.8 Å².